The molecule has 0 saturated heterocycles. The van der Waals surface area contributed by atoms with E-state index in [1.807, 2.05) is 25.3 Å². The Morgan fingerprint density at radius 3 is 2.74 bits per heavy atom. The van der Waals surface area contributed by atoms with Crippen molar-refractivity contribution in [1.82, 2.24) is 9.55 Å². The summed E-state index contributed by atoms with van der Waals surface area (Å²) >= 11 is 6.01. The number of ether oxygens (including phenoxy) is 1. The lowest BCUT2D eigenvalue weighted by Gasteiger charge is -2.13. The Kier molecular flexibility index (Phi) is 4.00. The van der Waals surface area contributed by atoms with Crippen molar-refractivity contribution in [2.45, 2.75) is 26.8 Å². The summed E-state index contributed by atoms with van der Waals surface area (Å²) in [5, 5.41) is 3.88. The molecule has 0 unspecified atom stereocenters. The monoisotopic (exact) mass is 279 g/mol. The standard InChI is InChI=1S/C14H18ClN3O/c1-9(2)18-8-10(3)16-14(18)17-11-5-6-12(15)13(7-11)19-4/h5-9H,1-4H3,(H,16,17). The number of aryl methyl sites for hydroxylation is 1. The summed E-state index contributed by atoms with van der Waals surface area (Å²) in [5.41, 5.74) is 1.88. The third-order valence-corrected chi connectivity index (χ3v) is 3.13. The van der Waals surface area contributed by atoms with E-state index in [4.69, 9.17) is 16.3 Å². The van der Waals surface area contributed by atoms with Crippen molar-refractivity contribution in [1.29, 1.82) is 0 Å². The predicted octanol–water partition coefficient (Wildman–Crippen LogP) is 4.18. The number of halogens is 1. The molecule has 1 heterocycles. The number of nitrogens with zero attached hydrogens (tertiary/aromatic N) is 2. The minimum atomic E-state index is 0.345. The summed E-state index contributed by atoms with van der Waals surface area (Å²) < 4.78 is 7.30. The predicted molar refractivity (Wildman–Crippen MR) is 78.6 cm³/mol. The maximum absolute atomic E-state index is 6.01. The largest absolute Gasteiger partial charge is 0.495 e. The van der Waals surface area contributed by atoms with E-state index >= 15 is 0 Å². The van der Waals surface area contributed by atoms with Crippen LogP contribution in [0.1, 0.15) is 25.6 Å². The molecule has 4 nitrogen and oxygen atoms in total. The molecule has 0 aliphatic carbocycles. The van der Waals surface area contributed by atoms with Gasteiger partial charge >= 0.3 is 0 Å². The molecule has 102 valence electrons. The molecule has 0 bridgehead atoms. The zero-order chi connectivity index (χ0) is 14.0. The van der Waals surface area contributed by atoms with Gasteiger partial charge in [0.25, 0.3) is 0 Å². The van der Waals surface area contributed by atoms with Gasteiger partial charge in [-0.2, -0.15) is 0 Å². The summed E-state index contributed by atoms with van der Waals surface area (Å²) in [5.74, 6) is 1.46. The first kappa shape index (κ1) is 13.7. The molecule has 19 heavy (non-hydrogen) atoms. The van der Waals surface area contributed by atoms with Gasteiger partial charge in [-0.25, -0.2) is 4.98 Å². The van der Waals surface area contributed by atoms with Crippen LogP contribution in [0.4, 0.5) is 11.6 Å². The normalized spacial score (nSPS) is 10.8. The van der Waals surface area contributed by atoms with Crippen LogP contribution in [0.2, 0.25) is 5.02 Å². The second-order valence-electron chi connectivity index (χ2n) is 4.68. The highest BCUT2D eigenvalue weighted by Crippen LogP contribution is 2.29. The topological polar surface area (TPSA) is 39.1 Å². The van der Waals surface area contributed by atoms with Crippen LogP contribution in [-0.2, 0) is 0 Å². The van der Waals surface area contributed by atoms with Crippen LogP contribution in [0, 0.1) is 6.92 Å². The number of hydrogen-bond acceptors (Lipinski definition) is 3. The first-order chi connectivity index (χ1) is 9.01. The molecule has 2 rings (SSSR count). The molecule has 0 aliphatic heterocycles. The summed E-state index contributed by atoms with van der Waals surface area (Å²) in [7, 11) is 1.60. The maximum atomic E-state index is 6.01. The zero-order valence-corrected chi connectivity index (χ0v) is 12.3. The summed E-state index contributed by atoms with van der Waals surface area (Å²) in [4.78, 5) is 4.48. The van der Waals surface area contributed by atoms with Crippen molar-refractivity contribution in [2.75, 3.05) is 12.4 Å². The van der Waals surface area contributed by atoms with Crippen LogP contribution in [0.3, 0.4) is 0 Å². The molecule has 0 spiro atoms. The van der Waals surface area contributed by atoms with Gasteiger partial charge in [-0.1, -0.05) is 11.6 Å². The van der Waals surface area contributed by atoms with Crippen molar-refractivity contribution < 1.29 is 4.74 Å². The second-order valence-corrected chi connectivity index (χ2v) is 5.09. The number of methoxy groups -OCH3 is 1. The third kappa shape index (κ3) is 3.01. The maximum Gasteiger partial charge on any atom is 0.207 e. The van der Waals surface area contributed by atoms with Gasteiger partial charge in [-0.3, -0.25) is 0 Å². The highest BCUT2D eigenvalue weighted by atomic mass is 35.5. The van der Waals surface area contributed by atoms with E-state index in [0.29, 0.717) is 16.8 Å². The molecular formula is C14H18ClN3O. The Balaban J connectivity index is 2.31. The van der Waals surface area contributed by atoms with Gasteiger partial charge in [0.05, 0.1) is 17.8 Å². The SMILES string of the molecule is COc1cc(Nc2nc(C)cn2C(C)C)ccc1Cl. The quantitative estimate of drug-likeness (QED) is 0.912. The van der Waals surface area contributed by atoms with E-state index in [-0.39, 0.29) is 0 Å². The lowest BCUT2D eigenvalue weighted by Crippen LogP contribution is -2.05. The number of aromatic nitrogens is 2. The smallest absolute Gasteiger partial charge is 0.207 e. The number of anilines is 2. The number of benzene rings is 1. The molecule has 1 aromatic heterocycles. The Morgan fingerprint density at radius 1 is 1.37 bits per heavy atom. The minimum absolute atomic E-state index is 0.345. The van der Waals surface area contributed by atoms with Crippen LogP contribution in [0.25, 0.3) is 0 Å². The van der Waals surface area contributed by atoms with Crippen LogP contribution in [0.5, 0.6) is 5.75 Å². The Morgan fingerprint density at radius 2 is 2.11 bits per heavy atom. The van der Waals surface area contributed by atoms with Crippen molar-refractivity contribution in [3.05, 3.63) is 35.1 Å². The molecule has 0 radical (unpaired) electrons. The third-order valence-electron chi connectivity index (χ3n) is 2.82. The highest BCUT2D eigenvalue weighted by molar-refractivity contribution is 6.32. The molecule has 1 N–H and O–H groups in total. The van der Waals surface area contributed by atoms with Gasteiger partial charge in [-0.05, 0) is 32.9 Å². The van der Waals surface area contributed by atoms with Crippen molar-refractivity contribution in [3.8, 4) is 5.75 Å². The Hall–Kier alpha value is -1.68. The van der Waals surface area contributed by atoms with Gasteiger partial charge in [0.15, 0.2) is 0 Å². The van der Waals surface area contributed by atoms with E-state index in [9.17, 15) is 0 Å². The van der Waals surface area contributed by atoms with Crippen molar-refractivity contribution in [2.24, 2.45) is 0 Å². The van der Waals surface area contributed by atoms with Crippen LogP contribution in [-0.4, -0.2) is 16.7 Å². The molecule has 5 heteroatoms. The van der Waals surface area contributed by atoms with E-state index in [1.165, 1.54) is 0 Å². The van der Waals surface area contributed by atoms with Gasteiger partial charge in [0.2, 0.25) is 5.95 Å². The van der Waals surface area contributed by atoms with Gasteiger partial charge in [0, 0.05) is 24.0 Å². The van der Waals surface area contributed by atoms with Crippen LogP contribution in [0.15, 0.2) is 24.4 Å². The van der Waals surface area contributed by atoms with Gasteiger partial charge in [0.1, 0.15) is 5.75 Å². The van der Waals surface area contributed by atoms with Crippen molar-refractivity contribution >= 4 is 23.2 Å². The first-order valence-electron chi connectivity index (χ1n) is 6.17. The summed E-state index contributed by atoms with van der Waals surface area (Å²) in [6.07, 6.45) is 2.03. The lowest BCUT2D eigenvalue weighted by atomic mass is 10.3. The van der Waals surface area contributed by atoms with E-state index in [0.717, 1.165) is 17.3 Å². The number of rotatable bonds is 4. The fraction of sp³-hybridized carbons (Fsp3) is 0.357. The molecule has 0 saturated carbocycles. The van der Waals surface area contributed by atoms with E-state index in [1.54, 1.807) is 13.2 Å². The minimum Gasteiger partial charge on any atom is -0.495 e. The Bertz CT molecular complexity index is 578. The summed E-state index contributed by atoms with van der Waals surface area (Å²) in [6.45, 7) is 6.22. The molecule has 0 fully saturated rings. The zero-order valence-electron chi connectivity index (χ0n) is 11.6. The van der Waals surface area contributed by atoms with Gasteiger partial charge in [-0.15, -0.1) is 0 Å². The molecule has 1 aromatic carbocycles. The highest BCUT2D eigenvalue weighted by Gasteiger charge is 2.09. The van der Waals surface area contributed by atoms with Crippen molar-refractivity contribution in [3.63, 3.8) is 0 Å². The first-order valence-corrected chi connectivity index (χ1v) is 6.55. The average Bonchev–Trinajstić information content (AvgIpc) is 2.73. The molecule has 0 aliphatic rings. The van der Waals surface area contributed by atoms with E-state index in [2.05, 4.69) is 28.7 Å². The van der Waals surface area contributed by atoms with Crippen LogP contribution < -0.4 is 10.1 Å². The molecular weight excluding hydrogens is 262 g/mol. The van der Waals surface area contributed by atoms with Crippen LogP contribution >= 0.6 is 11.6 Å². The number of hydrogen-bond donors (Lipinski definition) is 1. The second kappa shape index (κ2) is 5.53. The number of imidazole rings is 1. The molecule has 0 amide bonds. The number of nitrogens with one attached hydrogen (secondary N) is 1. The Labute approximate surface area is 118 Å². The molecule has 0 atom stereocenters. The van der Waals surface area contributed by atoms with Gasteiger partial charge < -0.3 is 14.6 Å². The molecule has 2 aromatic rings. The summed E-state index contributed by atoms with van der Waals surface area (Å²) in [6, 6.07) is 5.91. The fourth-order valence-corrected chi connectivity index (χ4v) is 2.06. The fourth-order valence-electron chi connectivity index (χ4n) is 1.87. The average molecular weight is 280 g/mol. The van der Waals surface area contributed by atoms with E-state index < -0.39 is 0 Å². The lowest BCUT2D eigenvalue weighted by molar-refractivity contribution is 0.415.